The number of rotatable bonds is 14. The molecule has 14 heteroatoms. The van der Waals surface area contributed by atoms with Crippen molar-refractivity contribution >= 4 is 40.6 Å². The first-order valence-corrected chi connectivity index (χ1v) is 11.2. The molecular formula is C22H32N8O6. The minimum atomic E-state index is -1.23. The number of nitrogens with two attached hydrogens (primary N) is 3. The molecule has 3 atom stereocenters. The lowest BCUT2D eigenvalue weighted by Gasteiger charge is -2.20. The van der Waals surface area contributed by atoms with E-state index >= 15 is 0 Å². The third-order valence-corrected chi connectivity index (χ3v) is 5.27. The maximum Gasteiger partial charge on any atom is 0.326 e. The third kappa shape index (κ3) is 8.56. The number of aromatic nitrogens is 1. The van der Waals surface area contributed by atoms with Gasteiger partial charge in [-0.2, -0.15) is 0 Å². The normalized spacial score (nSPS) is 13.3. The standard InChI is InChI=1S/C22H32N8O6/c23-14(11-31)19(33)30-16(6-3-7-26-22(24)25)20(34)28-10-18(32)29-17(21(35)36)8-12-9-27-15-5-2-1-4-13(12)15/h1-2,4-5,9,14,16-17,27,31H,3,6-8,10-11,23H2,(H,28,34)(H,29,32)(H,30,33)(H,35,36)(H4,24,25,26). The Labute approximate surface area is 206 Å². The molecule has 12 N–H and O–H groups in total. The first-order valence-electron chi connectivity index (χ1n) is 11.2. The number of benzene rings is 1. The fourth-order valence-electron chi connectivity index (χ4n) is 3.39. The average molecular weight is 505 g/mol. The zero-order valence-corrected chi connectivity index (χ0v) is 19.6. The highest BCUT2D eigenvalue weighted by Gasteiger charge is 2.25. The van der Waals surface area contributed by atoms with Crippen LogP contribution >= 0.6 is 0 Å². The largest absolute Gasteiger partial charge is 0.480 e. The molecule has 3 amide bonds. The van der Waals surface area contributed by atoms with Crippen LogP contribution < -0.4 is 33.2 Å². The minimum Gasteiger partial charge on any atom is -0.480 e. The number of guanidine groups is 1. The van der Waals surface area contributed by atoms with Gasteiger partial charge in [-0.05, 0) is 24.5 Å². The number of aliphatic hydroxyl groups excluding tert-OH is 1. The van der Waals surface area contributed by atoms with Crippen LogP contribution in [-0.4, -0.2) is 82.7 Å². The lowest BCUT2D eigenvalue weighted by Crippen LogP contribution is -2.54. The van der Waals surface area contributed by atoms with Gasteiger partial charge < -0.3 is 48.3 Å². The van der Waals surface area contributed by atoms with Crippen LogP contribution in [0.15, 0.2) is 35.5 Å². The summed E-state index contributed by atoms with van der Waals surface area (Å²) in [5.74, 6) is -3.54. The van der Waals surface area contributed by atoms with Crippen molar-refractivity contribution in [3.05, 3.63) is 36.0 Å². The molecule has 1 aromatic carbocycles. The van der Waals surface area contributed by atoms with E-state index in [0.717, 1.165) is 10.9 Å². The molecule has 0 aliphatic carbocycles. The lowest BCUT2D eigenvalue weighted by atomic mass is 10.0. The van der Waals surface area contributed by atoms with Gasteiger partial charge in [-0.3, -0.25) is 19.4 Å². The quantitative estimate of drug-likeness (QED) is 0.0733. The van der Waals surface area contributed by atoms with Crippen LogP contribution in [-0.2, 0) is 25.6 Å². The Hall–Kier alpha value is -4.17. The number of aliphatic hydroxyl groups is 1. The van der Waals surface area contributed by atoms with Gasteiger partial charge in [-0.25, -0.2) is 4.79 Å². The summed E-state index contributed by atoms with van der Waals surface area (Å²) >= 11 is 0. The van der Waals surface area contributed by atoms with E-state index in [1.165, 1.54) is 0 Å². The van der Waals surface area contributed by atoms with Gasteiger partial charge in [-0.1, -0.05) is 18.2 Å². The lowest BCUT2D eigenvalue weighted by molar-refractivity contribution is -0.141. The molecule has 196 valence electrons. The number of amides is 3. The van der Waals surface area contributed by atoms with E-state index in [4.69, 9.17) is 22.3 Å². The Bertz CT molecular complexity index is 1100. The first kappa shape index (κ1) is 28.1. The van der Waals surface area contributed by atoms with Crippen molar-refractivity contribution in [1.29, 1.82) is 0 Å². The number of hydrogen-bond donors (Lipinski definition) is 9. The Kier molecular flexibility index (Phi) is 10.6. The number of carboxylic acids is 1. The number of aliphatic carboxylic acids is 1. The van der Waals surface area contributed by atoms with Gasteiger partial charge in [0.15, 0.2) is 5.96 Å². The molecule has 0 saturated heterocycles. The number of carboxylic acid groups (broad SMARTS) is 1. The van der Waals surface area contributed by atoms with Crippen LogP contribution in [0, 0.1) is 0 Å². The number of fused-ring (bicyclic) bond motifs is 1. The van der Waals surface area contributed by atoms with Gasteiger partial charge in [0.05, 0.1) is 13.2 Å². The molecule has 0 bridgehead atoms. The molecule has 1 heterocycles. The van der Waals surface area contributed by atoms with Gasteiger partial charge in [0, 0.05) is 30.1 Å². The van der Waals surface area contributed by atoms with Crippen molar-refractivity contribution in [3.8, 4) is 0 Å². The number of carbonyl (C=O) groups is 4. The molecule has 0 aliphatic heterocycles. The zero-order chi connectivity index (χ0) is 26.7. The van der Waals surface area contributed by atoms with Gasteiger partial charge >= 0.3 is 5.97 Å². The van der Waals surface area contributed by atoms with Gasteiger partial charge in [0.25, 0.3) is 0 Å². The summed E-state index contributed by atoms with van der Waals surface area (Å²) in [6.45, 7) is -0.949. The summed E-state index contributed by atoms with van der Waals surface area (Å²) in [4.78, 5) is 55.7. The molecule has 3 unspecified atom stereocenters. The number of aromatic amines is 1. The monoisotopic (exact) mass is 504 g/mol. The number of H-pyrrole nitrogens is 1. The van der Waals surface area contributed by atoms with Crippen molar-refractivity contribution < 1.29 is 29.4 Å². The molecule has 2 rings (SSSR count). The van der Waals surface area contributed by atoms with Crippen LogP contribution in [0.1, 0.15) is 18.4 Å². The fourth-order valence-corrected chi connectivity index (χ4v) is 3.39. The van der Waals surface area contributed by atoms with Crippen molar-refractivity contribution in [2.24, 2.45) is 22.2 Å². The number of nitrogens with zero attached hydrogens (tertiary/aromatic N) is 1. The molecule has 36 heavy (non-hydrogen) atoms. The summed E-state index contributed by atoms with van der Waals surface area (Å²) in [5.41, 5.74) is 17.6. The smallest absolute Gasteiger partial charge is 0.326 e. The van der Waals surface area contributed by atoms with E-state index in [-0.39, 0.29) is 25.3 Å². The molecule has 14 nitrogen and oxygen atoms in total. The Morgan fingerprint density at radius 2 is 1.78 bits per heavy atom. The van der Waals surface area contributed by atoms with E-state index in [0.29, 0.717) is 12.0 Å². The highest BCUT2D eigenvalue weighted by molar-refractivity contribution is 5.93. The van der Waals surface area contributed by atoms with E-state index in [1.54, 1.807) is 6.20 Å². The zero-order valence-electron chi connectivity index (χ0n) is 19.6. The van der Waals surface area contributed by atoms with Gasteiger partial charge in [0.2, 0.25) is 17.7 Å². The number of nitrogens with one attached hydrogen (secondary N) is 4. The molecule has 1 aromatic heterocycles. The average Bonchev–Trinajstić information content (AvgIpc) is 3.25. The van der Waals surface area contributed by atoms with Crippen LogP contribution in [0.2, 0.25) is 0 Å². The summed E-state index contributed by atoms with van der Waals surface area (Å²) < 4.78 is 0. The molecular weight excluding hydrogens is 472 g/mol. The predicted octanol–water partition coefficient (Wildman–Crippen LogP) is -2.75. The van der Waals surface area contributed by atoms with Crippen molar-refractivity contribution in [2.75, 3.05) is 19.7 Å². The van der Waals surface area contributed by atoms with E-state index < -0.39 is 55.0 Å². The second kappa shape index (κ2) is 13.7. The summed E-state index contributed by atoms with van der Waals surface area (Å²) in [7, 11) is 0. The molecule has 2 aromatic rings. The van der Waals surface area contributed by atoms with Crippen molar-refractivity contribution in [2.45, 2.75) is 37.4 Å². The molecule has 0 saturated carbocycles. The van der Waals surface area contributed by atoms with Crippen molar-refractivity contribution in [3.63, 3.8) is 0 Å². The van der Waals surface area contributed by atoms with Gasteiger partial charge in [-0.15, -0.1) is 0 Å². The maximum absolute atomic E-state index is 12.6. The number of aliphatic imine (C=N–C) groups is 1. The highest BCUT2D eigenvalue weighted by Crippen LogP contribution is 2.19. The summed E-state index contributed by atoms with van der Waals surface area (Å²) in [6, 6.07) is 3.81. The number of para-hydroxylation sites is 1. The van der Waals surface area contributed by atoms with E-state index in [1.807, 2.05) is 24.3 Å². The first-order chi connectivity index (χ1) is 17.1. The van der Waals surface area contributed by atoms with Crippen LogP contribution in [0.4, 0.5) is 0 Å². The summed E-state index contributed by atoms with van der Waals surface area (Å²) in [5, 5.41) is 26.6. The fraction of sp³-hybridized carbons (Fsp3) is 0.409. The third-order valence-electron chi connectivity index (χ3n) is 5.27. The highest BCUT2D eigenvalue weighted by atomic mass is 16.4. The predicted molar refractivity (Wildman–Crippen MR) is 131 cm³/mol. The number of hydrogen-bond acceptors (Lipinski definition) is 7. The Morgan fingerprint density at radius 1 is 1.06 bits per heavy atom. The Balaban J connectivity index is 1.96. The van der Waals surface area contributed by atoms with E-state index in [2.05, 4.69) is 25.9 Å². The topological polar surface area (TPSA) is 251 Å². The number of carbonyl (C=O) groups excluding carboxylic acids is 3. The molecule has 0 aliphatic rings. The SMILES string of the molecule is NC(N)=NCCCC(NC(=O)C(N)CO)C(=O)NCC(=O)NC(Cc1c[nH]c2ccccc12)C(=O)O. The molecule has 0 spiro atoms. The maximum atomic E-state index is 12.6. The van der Waals surface area contributed by atoms with Crippen molar-refractivity contribution in [1.82, 2.24) is 20.9 Å². The Morgan fingerprint density at radius 3 is 2.44 bits per heavy atom. The molecule has 0 fully saturated rings. The van der Waals surface area contributed by atoms with Crippen LogP contribution in [0.25, 0.3) is 10.9 Å². The van der Waals surface area contributed by atoms with Gasteiger partial charge in [0.1, 0.15) is 18.1 Å². The van der Waals surface area contributed by atoms with Crippen LogP contribution in [0.5, 0.6) is 0 Å². The van der Waals surface area contributed by atoms with E-state index in [9.17, 15) is 24.3 Å². The van der Waals surface area contributed by atoms with Crippen LogP contribution in [0.3, 0.4) is 0 Å². The second-order valence-electron chi connectivity index (χ2n) is 8.04. The second-order valence-corrected chi connectivity index (χ2v) is 8.04. The summed E-state index contributed by atoms with van der Waals surface area (Å²) in [6.07, 6.45) is 2.15. The minimum absolute atomic E-state index is 0.0293. The molecule has 0 radical (unpaired) electrons.